The molecule has 1 nitrogen and oxygen atoms in total. The normalized spacial score (nSPS) is 8.12. The zero-order chi connectivity index (χ0) is 6.41. The van der Waals surface area contributed by atoms with Gasteiger partial charge < -0.3 is 0 Å². The lowest BCUT2D eigenvalue weighted by molar-refractivity contribution is 0.701. The molecule has 0 heterocycles. The van der Waals surface area contributed by atoms with Crippen LogP contribution in [0.3, 0.4) is 0 Å². The van der Waals surface area contributed by atoms with Gasteiger partial charge in [0, 0.05) is 5.75 Å². The minimum atomic E-state index is 0.547. The van der Waals surface area contributed by atoms with Gasteiger partial charge in [-0.05, 0) is 6.92 Å². The lowest BCUT2D eigenvalue weighted by Crippen LogP contribution is -1.81. The highest BCUT2D eigenvalue weighted by atomic mass is 32.2. The summed E-state index contributed by atoms with van der Waals surface area (Å²) in [4.78, 5) is 0. The Morgan fingerprint density at radius 2 is 2.50 bits per heavy atom. The van der Waals surface area contributed by atoms with E-state index in [1.807, 2.05) is 6.92 Å². The predicted octanol–water partition coefficient (Wildman–Crippen LogP) is 1.27. The second-order valence-electron chi connectivity index (χ2n) is 1.17. The highest BCUT2D eigenvalue weighted by molar-refractivity contribution is 8.20. The van der Waals surface area contributed by atoms with Crippen molar-refractivity contribution in [2.75, 3.05) is 5.75 Å². The first-order valence-corrected chi connectivity index (χ1v) is 3.91. The van der Waals surface area contributed by atoms with Gasteiger partial charge in [-0.1, -0.05) is 6.08 Å². The molecule has 0 fully saturated rings. The quantitative estimate of drug-likeness (QED) is 0.433. The molecule has 0 aromatic heterocycles. The maximum absolute atomic E-state index is 9.96. The summed E-state index contributed by atoms with van der Waals surface area (Å²) in [5.74, 6) is 0.834. The Hall–Kier alpha value is -0.0200. The van der Waals surface area contributed by atoms with Crippen LogP contribution in [0, 0.1) is 0 Å². The molecule has 0 bridgehead atoms. The third-order valence-electron chi connectivity index (χ3n) is 0.522. The Morgan fingerprint density at radius 1 is 1.88 bits per heavy atom. The van der Waals surface area contributed by atoms with E-state index >= 15 is 0 Å². The van der Waals surface area contributed by atoms with E-state index in [1.165, 1.54) is 11.8 Å². The first kappa shape index (κ1) is 7.98. The summed E-state index contributed by atoms with van der Waals surface area (Å²) in [6.07, 6.45) is 1.78. The Labute approximate surface area is 57.2 Å². The van der Waals surface area contributed by atoms with Crippen molar-refractivity contribution in [2.45, 2.75) is 6.92 Å². The van der Waals surface area contributed by atoms with E-state index in [1.54, 1.807) is 6.08 Å². The van der Waals surface area contributed by atoms with Crippen LogP contribution in [0.5, 0.6) is 0 Å². The molecule has 0 aliphatic carbocycles. The maximum atomic E-state index is 9.96. The molecule has 0 saturated carbocycles. The summed E-state index contributed by atoms with van der Waals surface area (Å²) in [6.45, 7) is 5.33. The topological polar surface area (TPSA) is 17.1 Å². The lowest BCUT2D eigenvalue weighted by atomic mass is 10.8. The fraction of sp³-hybridized carbons (Fsp3) is 0.400. The molecule has 0 spiro atoms. The van der Waals surface area contributed by atoms with E-state index in [2.05, 4.69) is 6.58 Å². The second kappa shape index (κ2) is 5.12. The van der Waals surface area contributed by atoms with Gasteiger partial charge in [0.05, 0.1) is 15.5 Å². The van der Waals surface area contributed by atoms with Crippen molar-refractivity contribution in [3.8, 4) is 0 Å². The summed E-state index contributed by atoms with van der Waals surface area (Å²) >= 11 is 2.07. The highest BCUT2D eigenvalue weighted by Crippen LogP contribution is 1.99. The Morgan fingerprint density at radius 3 is 2.88 bits per heavy atom. The van der Waals surface area contributed by atoms with Crippen LogP contribution in [0.1, 0.15) is 6.92 Å². The number of hydrogen-bond donors (Lipinski definition) is 0. The largest absolute Gasteiger partial charge is 0.212 e. The van der Waals surface area contributed by atoms with Crippen molar-refractivity contribution in [1.29, 1.82) is 0 Å². The van der Waals surface area contributed by atoms with Crippen LogP contribution in [-0.4, -0.2) is 14.2 Å². The highest BCUT2D eigenvalue weighted by Gasteiger charge is 1.84. The number of thioether (sulfide) groups is 1. The predicted molar refractivity (Wildman–Crippen MR) is 41.5 cm³/mol. The van der Waals surface area contributed by atoms with Crippen molar-refractivity contribution in [2.24, 2.45) is 0 Å². The molecule has 0 aromatic carbocycles. The standard InChI is InChI=1S/C5H8OS2/c1-3-4-7-5(2)8-6/h3H,1,4H2,2H3. The molecule has 0 aromatic rings. The molecule has 0 radical (unpaired) electrons. The molecule has 0 unspecified atom stereocenters. The summed E-state index contributed by atoms with van der Waals surface area (Å²) in [5.41, 5.74) is 0. The zero-order valence-corrected chi connectivity index (χ0v) is 6.35. The van der Waals surface area contributed by atoms with Crippen molar-refractivity contribution >= 4 is 27.2 Å². The van der Waals surface area contributed by atoms with Crippen LogP contribution in [0.15, 0.2) is 12.7 Å². The van der Waals surface area contributed by atoms with E-state index < -0.39 is 0 Å². The smallest absolute Gasteiger partial charge is 0.0987 e. The van der Waals surface area contributed by atoms with Crippen LogP contribution in [0.25, 0.3) is 0 Å². The van der Waals surface area contributed by atoms with Gasteiger partial charge in [-0.2, -0.15) is 0 Å². The molecule has 0 N–H and O–H groups in total. The Balaban J connectivity index is 3.39. The van der Waals surface area contributed by atoms with Gasteiger partial charge in [0.1, 0.15) is 0 Å². The van der Waals surface area contributed by atoms with Gasteiger partial charge in [0.2, 0.25) is 0 Å². The average molecular weight is 148 g/mol. The summed E-state index contributed by atoms with van der Waals surface area (Å²) in [7, 11) is 0. The fourth-order valence-electron chi connectivity index (χ4n) is 0.200. The van der Waals surface area contributed by atoms with E-state index in [0.717, 1.165) is 9.95 Å². The Kier molecular flexibility index (Phi) is 5.11. The van der Waals surface area contributed by atoms with Crippen molar-refractivity contribution in [3.05, 3.63) is 12.7 Å². The minimum Gasteiger partial charge on any atom is -0.212 e. The molecule has 8 heavy (non-hydrogen) atoms. The molecule has 0 aliphatic rings. The van der Waals surface area contributed by atoms with Crippen molar-refractivity contribution < 1.29 is 4.21 Å². The first-order chi connectivity index (χ1) is 3.81. The minimum absolute atomic E-state index is 0.547. The van der Waals surface area contributed by atoms with Crippen LogP contribution >= 0.6 is 11.8 Å². The average Bonchev–Trinajstić information content (AvgIpc) is 1.83. The van der Waals surface area contributed by atoms with Crippen LogP contribution < -0.4 is 0 Å². The van der Waals surface area contributed by atoms with E-state index in [-0.39, 0.29) is 0 Å². The molecular weight excluding hydrogens is 140 g/mol. The van der Waals surface area contributed by atoms with E-state index in [9.17, 15) is 4.21 Å². The summed E-state index contributed by atoms with van der Waals surface area (Å²) < 4.78 is 10.8. The van der Waals surface area contributed by atoms with E-state index in [4.69, 9.17) is 0 Å². The van der Waals surface area contributed by atoms with Gasteiger partial charge in [0.25, 0.3) is 0 Å². The van der Waals surface area contributed by atoms with Gasteiger partial charge in [-0.3, -0.25) is 0 Å². The maximum Gasteiger partial charge on any atom is 0.0987 e. The van der Waals surface area contributed by atoms with Gasteiger partial charge in [-0.15, -0.1) is 18.3 Å². The molecule has 0 rings (SSSR count). The molecular formula is C5H8OS2. The molecule has 0 saturated heterocycles. The monoisotopic (exact) mass is 148 g/mol. The third kappa shape index (κ3) is 4.15. The summed E-state index contributed by atoms with van der Waals surface area (Å²) in [6, 6.07) is 0. The molecule has 0 amide bonds. The number of hydrogen-bond acceptors (Lipinski definition) is 2. The van der Waals surface area contributed by atoms with Crippen LogP contribution in [0.2, 0.25) is 0 Å². The molecule has 3 heteroatoms. The van der Waals surface area contributed by atoms with Crippen LogP contribution in [-0.2, 0) is 11.3 Å². The van der Waals surface area contributed by atoms with Crippen molar-refractivity contribution in [3.63, 3.8) is 0 Å². The lowest BCUT2D eigenvalue weighted by Gasteiger charge is -1.86. The van der Waals surface area contributed by atoms with Gasteiger partial charge >= 0.3 is 0 Å². The molecule has 46 valence electrons. The van der Waals surface area contributed by atoms with Gasteiger partial charge in [-0.25, -0.2) is 4.21 Å². The SMILES string of the molecule is C=CCSC(C)=S=O. The second-order valence-corrected chi connectivity index (χ2v) is 3.45. The number of rotatable bonds is 2. The first-order valence-electron chi connectivity index (χ1n) is 2.18. The molecule has 0 aliphatic heterocycles. The van der Waals surface area contributed by atoms with Gasteiger partial charge in [0.15, 0.2) is 0 Å². The van der Waals surface area contributed by atoms with Crippen molar-refractivity contribution in [1.82, 2.24) is 0 Å². The third-order valence-corrected chi connectivity index (χ3v) is 2.12. The van der Waals surface area contributed by atoms with E-state index in [0.29, 0.717) is 11.3 Å². The Bertz CT molecular complexity index is 124. The zero-order valence-electron chi connectivity index (χ0n) is 4.72. The fourth-order valence-corrected chi connectivity index (χ4v) is 0.949. The summed E-state index contributed by atoms with van der Waals surface area (Å²) in [5, 5.41) is 0. The van der Waals surface area contributed by atoms with Crippen LogP contribution in [0.4, 0.5) is 0 Å². The molecule has 0 atom stereocenters.